The van der Waals surface area contributed by atoms with Crippen LogP contribution < -0.4 is 5.32 Å². The fourth-order valence-electron chi connectivity index (χ4n) is 3.16. The molecule has 1 aliphatic heterocycles. The lowest BCUT2D eigenvalue weighted by atomic mass is 10.0. The number of amides is 2. The average Bonchev–Trinajstić information content (AvgIpc) is 2.55. The molecule has 2 rings (SSSR count). The summed E-state index contributed by atoms with van der Waals surface area (Å²) in [6, 6.07) is 6.57. The molecule has 0 unspecified atom stereocenters. The number of hydrogen-bond acceptors (Lipinski definition) is 3. The van der Waals surface area contributed by atoms with Crippen LogP contribution >= 0.6 is 0 Å². The molecule has 0 saturated carbocycles. The van der Waals surface area contributed by atoms with Crippen LogP contribution in [0.1, 0.15) is 30.4 Å². The first-order valence-electron chi connectivity index (χ1n) is 8.45. The Morgan fingerprint density at radius 3 is 2.65 bits per heavy atom. The summed E-state index contributed by atoms with van der Waals surface area (Å²) < 4.78 is 0. The van der Waals surface area contributed by atoms with Gasteiger partial charge in [-0.1, -0.05) is 17.7 Å². The maximum Gasteiger partial charge on any atom is 0.321 e. The first-order valence-corrected chi connectivity index (χ1v) is 8.45. The van der Waals surface area contributed by atoms with Gasteiger partial charge < -0.3 is 20.2 Å². The van der Waals surface area contributed by atoms with Crippen LogP contribution in [0.4, 0.5) is 10.5 Å². The molecule has 0 radical (unpaired) electrons. The number of rotatable bonds is 5. The van der Waals surface area contributed by atoms with Gasteiger partial charge in [0.25, 0.3) is 0 Å². The second kappa shape index (κ2) is 8.31. The first kappa shape index (κ1) is 17.8. The number of aliphatic hydroxyl groups excluding tert-OH is 1. The summed E-state index contributed by atoms with van der Waals surface area (Å²) in [7, 11) is 2.10. The molecule has 5 heteroatoms. The van der Waals surface area contributed by atoms with Gasteiger partial charge in [0.15, 0.2) is 0 Å². The Hall–Kier alpha value is -1.59. The van der Waals surface area contributed by atoms with Crippen LogP contribution in [0.5, 0.6) is 0 Å². The van der Waals surface area contributed by atoms with Crippen LogP contribution in [0.2, 0.25) is 0 Å². The van der Waals surface area contributed by atoms with Crippen molar-refractivity contribution < 1.29 is 9.90 Å². The number of carbonyl (C=O) groups excluding carboxylic acids is 1. The molecule has 0 spiro atoms. The van der Waals surface area contributed by atoms with Crippen molar-refractivity contribution in [3.05, 3.63) is 29.3 Å². The average molecular weight is 319 g/mol. The van der Waals surface area contributed by atoms with Gasteiger partial charge in [-0.15, -0.1) is 0 Å². The van der Waals surface area contributed by atoms with Gasteiger partial charge in [-0.25, -0.2) is 4.79 Å². The zero-order chi connectivity index (χ0) is 16.8. The Labute approximate surface area is 139 Å². The van der Waals surface area contributed by atoms with Crippen molar-refractivity contribution >= 4 is 11.7 Å². The van der Waals surface area contributed by atoms with Gasteiger partial charge in [0, 0.05) is 38.0 Å². The van der Waals surface area contributed by atoms with Crippen molar-refractivity contribution in [1.82, 2.24) is 9.80 Å². The van der Waals surface area contributed by atoms with Crippen LogP contribution in [0, 0.1) is 13.8 Å². The lowest BCUT2D eigenvalue weighted by molar-refractivity contribution is 0.134. The summed E-state index contributed by atoms with van der Waals surface area (Å²) in [5.41, 5.74) is 3.19. The third kappa shape index (κ3) is 4.94. The minimum absolute atomic E-state index is 0.00610. The van der Waals surface area contributed by atoms with E-state index >= 15 is 0 Å². The second-order valence-electron chi connectivity index (χ2n) is 6.52. The Bertz CT molecular complexity index is 525. The van der Waals surface area contributed by atoms with Crippen LogP contribution in [-0.4, -0.2) is 60.3 Å². The maximum atomic E-state index is 12.4. The molecule has 23 heavy (non-hydrogen) atoms. The molecule has 1 fully saturated rings. The number of nitrogens with zero attached hydrogens (tertiary/aromatic N) is 2. The number of aryl methyl sites for hydroxylation is 2. The SMILES string of the molecule is Cc1ccc(NC(=O)N2CCC(N(C)CCCO)CC2)c(C)c1. The zero-order valence-electron chi connectivity index (χ0n) is 14.5. The molecule has 1 aliphatic rings. The number of hydrogen-bond donors (Lipinski definition) is 2. The van der Waals surface area contributed by atoms with E-state index in [4.69, 9.17) is 5.11 Å². The maximum absolute atomic E-state index is 12.4. The molecule has 0 aromatic heterocycles. The molecule has 0 bridgehead atoms. The number of likely N-dealkylation sites (tertiary alicyclic amines) is 1. The van der Waals surface area contributed by atoms with Gasteiger partial charge in [0.1, 0.15) is 0 Å². The standard InChI is InChI=1S/C18H29N3O2/c1-14-5-6-17(15(2)13-14)19-18(23)21-10-7-16(8-11-21)20(3)9-4-12-22/h5-6,13,16,22H,4,7-12H2,1-3H3,(H,19,23). The molecule has 0 aliphatic carbocycles. The van der Waals surface area contributed by atoms with Gasteiger partial charge in [0.05, 0.1) is 0 Å². The van der Waals surface area contributed by atoms with E-state index < -0.39 is 0 Å². The lowest BCUT2D eigenvalue weighted by Crippen LogP contribution is -2.47. The molecule has 128 valence electrons. The minimum Gasteiger partial charge on any atom is -0.396 e. The molecule has 1 heterocycles. The van der Waals surface area contributed by atoms with Gasteiger partial charge in [-0.05, 0) is 51.8 Å². The number of urea groups is 1. The molecule has 1 aromatic carbocycles. The van der Waals surface area contributed by atoms with E-state index in [-0.39, 0.29) is 12.6 Å². The van der Waals surface area contributed by atoms with Crippen LogP contribution in [0.15, 0.2) is 18.2 Å². The molecule has 1 saturated heterocycles. The van der Waals surface area contributed by atoms with Crippen molar-refractivity contribution in [3.8, 4) is 0 Å². The fraction of sp³-hybridized carbons (Fsp3) is 0.611. The van der Waals surface area contributed by atoms with Crippen LogP contribution in [0.25, 0.3) is 0 Å². The Morgan fingerprint density at radius 1 is 1.35 bits per heavy atom. The number of nitrogens with one attached hydrogen (secondary N) is 1. The largest absolute Gasteiger partial charge is 0.396 e. The van der Waals surface area contributed by atoms with Crippen LogP contribution in [-0.2, 0) is 0 Å². The van der Waals surface area contributed by atoms with E-state index in [0.717, 1.165) is 50.1 Å². The van der Waals surface area contributed by atoms with Crippen molar-refractivity contribution in [3.63, 3.8) is 0 Å². The molecule has 2 amide bonds. The Kier molecular flexibility index (Phi) is 6.42. The summed E-state index contributed by atoms with van der Waals surface area (Å²) in [6.07, 6.45) is 2.79. The van der Waals surface area contributed by atoms with E-state index in [9.17, 15) is 4.79 Å². The molecular weight excluding hydrogens is 290 g/mol. The van der Waals surface area contributed by atoms with Gasteiger partial charge in [-0.3, -0.25) is 0 Å². The summed E-state index contributed by atoms with van der Waals surface area (Å²) in [5.74, 6) is 0. The third-order valence-electron chi connectivity index (χ3n) is 4.67. The normalized spacial score (nSPS) is 16.0. The topological polar surface area (TPSA) is 55.8 Å². The highest BCUT2D eigenvalue weighted by Crippen LogP contribution is 2.19. The van der Waals surface area contributed by atoms with E-state index in [0.29, 0.717) is 6.04 Å². The molecule has 0 atom stereocenters. The first-order chi connectivity index (χ1) is 11.0. The van der Waals surface area contributed by atoms with Crippen molar-refractivity contribution in [2.45, 2.75) is 39.2 Å². The number of benzene rings is 1. The highest BCUT2D eigenvalue weighted by Gasteiger charge is 2.25. The van der Waals surface area contributed by atoms with Gasteiger partial charge >= 0.3 is 6.03 Å². The predicted molar refractivity (Wildman–Crippen MR) is 93.9 cm³/mol. The third-order valence-corrected chi connectivity index (χ3v) is 4.67. The minimum atomic E-state index is -0.00610. The smallest absolute Gasteiger partial charge is 0.321 e. The molecule has 5 nitrogen and oxygen atoms in total. The molecule has 2 N–H and O–H groups in total. The summed E-state index contributed by atoms with van der Waals surface area (Å²) >= 11 is 0. The highest BCUT2D eigenvalue weighted by molar-refractivity contribution is 5.90. The highest BCUT2D eigenvalue weighted by atomic mass is 16.3. The predicted octanol–water partition coefficient (Wildman–Crippen LogP) is 2.61. The monoisotopic (exact) mass is 319 g/mol. The van der Waals surface area contributed by atoms with E-state index in [1.165, 1.54) is 5.56 Å². The van der Waals surface area contributed by atoms with Crippen LogP contribution in [0.3, 0.4) is 0 Å². The zero-order valence-corrected chi connectivity index (χ0v) is 14.5. The number of aliphatic hydroxyl groups is 1. The van der Waals surface area contributed by atoms with Crippen molar-refractivity contribution in [2.75, 3.05) is 38.6 Å². The van der Waals surface area contributed by atoms with E-state index in [1.807, 2.05) is 24.0 Å². The molecule has 1 aromatic rings. The number of piperidine rings is 1. The van der Waals surface area contributed by atoms with E-state index in [2.05, 4.69) is 30.3 Å². The number of carbonyl (C=O) groups is 1. The fourth-order valence-corrected chi connectivity index (χ4v) is 3.16. The summed E-state index contributed by atoms with van der Waals surface area (Å²) in [5, 5.41) is 11.9. The van der Waals surface area contributed by atoms with Gasteiger partial charge in [0.2, 0.25) is 0 Å². The quantitative estimate of drug-likeness (QED) is 0.877. The van der Waals surface area contributed by atoms with Gasteiger partial charge in [-0.2, -0.15) is 0 Å². The lowest BCUT2D eigenvalue weighted by Gasteiger charge is -2.36. The second-order valence-corrected chi connectivity index (χ2v) is 6.52. The molecular formula is C18H29N3O2. The Morgan fingerprint density at radius 2 is 2.04 bits per heavy atom. The summed E-state index contributed by atoms with van der Waals surface area (Å²) in [4.78, 5) is 16.6. The van der Waals surface area contributed by atoms with Crippen molar-refractivity contribution in [1.29, 1.82) is 0 Å². The Balaban J connectivity index is 1.83. The number of anilines is 1. The van der Waals surface area contributed by atoms with Crippen molar-refractivity contribution in [2.24, 2.45) is 0 Å². The summed E-state index contributed by atoms with van der Waals surface area (Å²) in [6.45, 7) is 6.79. The van der Waals surface area contributed by atoms with E-state index in [1.54, 1.807) is 0 Å².